The Balaban J connectivity index is 2.17. The lowest BCUT2D eigenvalue weighted by Crippen LogP contribution is -1.93. The van der Waals surface area contributed by atoms with Crippen LogP contribution in [0.4, 0.5) is 0 Å². The van der Waals surface area contributed by atoms with Crippen LogP contribution in [-0.4, -0.2) is 16.0 Å². The van der Waals surface area contributed by atoms with Gasteiger partial charge in [0.2, 0.25) is 0 Å². The highest BCUT2D eigenvalue weighted by atomic mass is 16.3. The summed E-state index contributed by atoms with van der Waals surface area (Å²) in [4.78, 5) is 11.7. The highest BCUT2D eigenvalue weighted by molar-refractivity contribution is 6.06. The van der Waals surface area contributed by atoms with Gasteiger partial charge in [-0.3, -0.25) is 4.79 Å². The van der Waals surface area contributed by atoms with E-state index in [-0.39, 0.29) is 11.5 Å². The molecule has 0 atom stereocenters. The number of allylic oxidation sites excluding steroid dienone is 2. The Hall–Kier alpha value is -2.81. The van der Waals surface area contributed by atoms with Crippen molar-refractivity contribution < 1.29 is 15.0 Å². The third-order valence-electron chi connectivity index (χ3n) is 2.70. The van der Waals surface area contributed by atoms with E-state index in [1.807, 2.05) is 12.1 Å². The van der Waals surface area contributed by atoms with Gasteiger partial charge in [0.05, 0.1) is 0 Å². The lowest BCUT2D eigenvalue weighted by Gasteiger charge is -2.00. The van der Waals surface area contributed by atoms with E-state index in [0.717, 1.165) is 12.2 Å². The first kappa shape index (κ1) is 13.6. The van der Waals surface area contributed by atoms with Gasteiger partial charge in [0.25, 0.3) is 0 Å². The number of carbonyl (C=O) groups excluding carboxylic acids is 1. The topological polar surface area (TPSA) is 57.5 Å². The minimum atomic E-state index is -0.479. The summed E-state index contributed by atoms with van der Waals surface area (Å²) in [6.45, 7) is 0. The Labute approximate surface area is 117 Å². The van der Waals surface area contributed by atoms with Crippen LogP contribution in [0.15, 0.2) is 72.8 Å². The monoisotopic (exact) mass is 266 g/mol. The van der Waals surface area contributed by atoms with E-state index < -0.39 is 5.78 Å². The Morgan fingerprint density at radius 3 is 1.40 bits per heavy atom. The Bertz CT molecular complexity index is 583. The second-order valence-electron chi connectivity index (χ2n) is 4.19. The number of rotatable bonds is 4. The van der Waals surface area contributed by atoms with E-state index in [9.17, 15) is 15.0 Å². The Morgan fingerprint density at radius 1 is 0.700 bits per heavy atom. The quantitative estimate of drug-likeness (QED) is 0.654. The summed E-state index contributed by atoms with van der Waals surface area (Å²) in [7, 11) is 0. The van der Waals surface area contributed by atoms with Crippen LogP contribution in [-0.2, 0) is 4.79 Å². The van der Waals surface area contributed by atoms with Crippen LogP contribution < -0.4 is 0 Å². The number of carbonyl (C=O) groups is 1. The normalized spacial score (nSPS) is 12.2. The van der Waals surface area contributed by atoms with Crippen molar-refractivity contribution in [3.05, 3.63) is 83.9 Å². The van der Waals surface area contributed by atoms with E-state index >= 15 is 0 Å². The van der Waals surface area contributed by atoms with E-state index in [4.69, 9.17) is 0 Å². The predicted molar refractivity (Wildman–Crippen MR) is 79.1 cm³/mol. The predicted octanol–water partition coefficient (Wildman–Crippen LogP) is 3.75. The van der Waals surface area contributed by atoms with Crippen LogP contribution in [0.5, 0.6) is 0 Å². The third kappa shape index (κ3) is 3.59. The first-order valence-corrected chi connectivity index (χ1v) is 6.13. The molecule has 0 bridgehead atoms. The van der Waals surface area contributed by atoms with Gasteiger partial charge in [0.1, 0.15) is 11.5 Å². The molecule has 0 unspecified atom stereocenters. The molecular weight excluding hydrogens is 252 g/mol. The Morgan fingerprint density at radius 2 is 1.05 bits per heavy atom. The maximum atomic E-state index is 11.7. The molecule has 0 heterocycles. The van der Waals surface area contributed by atoms with E-state index in [1.54, 1.807) is 48.5 Å². The van der Waals surface area contributed by atoms with Crippen molar-refractivity contribution >= 4 is 17.3 Å². The average molecular weight is 266 g/mol. The molecule has 0 saturated heterocycles. The molecule has 20 heavy (non-hydrogen) atoms. The van der Waals surface area contributed by atoms with Crippen LogP contribution in [0.3, 0.4) is 0 Å². The molecule has 0 spiro atoms. The molecule has 0 saturated carbocycles. The molecule has 0 aliphatic heterocycles. The van der Waals surface area contributed by atoms with Gasteiger partial charge in [0, 0.05) is 23.3 Å². The van der Waals surface area contributed by atoms with Gasteiger partial charge in [0.15, 0.2) is 5.78 Å². The number of benzene rings is 2. The van der Waals surface area contributed by atoms with Crippen molar-refractivity contribution in [2.45, 2.75) is 0 Å². The summed E-state index contributed by atoms with van der Waals surface area (Å²) in [5.41, 5.74) is 1.10. The van der Waals surface area contributed by atoms with Gasteiger partial charge in [-0.05, 0) is 0 Å². The number of ketones is 1. The molecule has 2 rings (SSSR count). The van der Waals surface area contributed by atoms with Gasteiger partial charge in [-0.1, -0.05) is 60.7 Å². The lowest BCUT2D eigenvalue weighted by atomic mass is 10.1. The average Bonchev–Trinajstić information content (AvgIpc) is 2.49. The maximum Gasteiger partial charge on any atom is 0.186 e. The smallest absolute Gasteiger partial charge is 0.186 e. The summed E-state index contributed by atoms with van der Waals surface area (Å²) in [6, 6.07) is 17.5. The van der Waals surface area contributed by atoms with Crippen LogP contribution in [0, 0.1) is 0 Å². The standard InChI is InChI=1S/C17H14O3/c18-15(11-16(19)13-7-3-1-4-8-13)12-17(20)14-9-5-2-6-10-14/h1-12,19-20H/b16-11-,17-12-. The minimum Gasteiger partial charge on any atom is -0.507 e. The van der Waals surface area contributed by atoms with Gasteiger partial charge in [-0.25, -0.2) is 0 Å². The van der Waals surface area contributed by atoms with E-state index in [2.05, 4.69) is 0 Å². The van der Waals surface area contributed by atoms with Crippen molar-refractivity contribution in [2.75, 3.05) is 0 Å². The molecule has 0 amide bonds. The summed E-state index contributed by atoms with van der Waals surface area (Å²) in [6.07, 6.45) is 2.16. The fourth-order valence-electron chi connectivity index (χ4n) is 1.70. The summed E-state index contributed by atoms with van der Waals surface area (Å²) in [5.74, 6) is -0.742. The van der Waals surface area contributed by atoms with Crippen LogP contribution in [0.1, 0.15) is 11.1 Å². The molecule has 0 aliphatic carbocycles. The highest BCUT2D eigenvalue weighted by Crippen LogP contribution is 2.13. The first-order valence-electron chi connectivity index (χ1n) is 6.13. The highest BCUT2D eigenvalue weighted by Gasteiger charge is 2.04. The van der Waals surface area contributed by atoms with Crippen LogP contribution in [0.2, 0.25) is 0 Å². The summed E-state index contributed by atoms with van der Waals surface area (Å²) in [5, 5.41) is 19.6. The molecule has 0 aromatic heterocycles. The maximum absolute atomic E-state index is 11.7. The third-order valence-corrected chi connectivity index (χ3v) is 2.70. The number of hydrogen-bond donors (Lipinski definition) is 2. The zero-order valence-electron chi connectivity index (χ0n) is 10.7. The van der Waals surface area contributed by atoms with Gasteiger partial charge < -0.3 is 10.2 Å². The first-order chi connectivity index (χ1) is 9.66. The van der Waals surface area contributed by atoms with E-state index in [0.29, 0.717) is 11.1 Å². The molecule has 0 fully saturated rings. The Kier molecular flexibility index (Phi) is 4.35. The zero-order chi connectivity index (χ0) is 14.4. The van der Waals surface area contributed by atoms with Crippen molar-refractivity contribution in [1.29, 1.82) is 0 Å². The molecule has 0 aliphatic rings. The minimum absolute atomic E-state index is 0.132. The molecule has 3 heteroatoms. The number of hydrogen-bond acceptors (Lipinski definition) is 3. The van der Waals surface area contributed by atoms with Gasteiger partial charge in [-0.2, -0.15) is 0 Å². The SMILES string of the molecule is O=C(/C=C(\O)c1ccccc1)/C=C(\O)c1ccccc1. The number of aliphatic hydroxyl groups excluding tert-OH is 2. The summed E-state index contributed by atoms with van der Waals surface area (Å²) >= 11 is 0. The van der Waals surface area contributed by atoms with E-state index in [1.165, 1.54) is 0 Å². The lowest BCUT2D eigenvalue weighted by molar-refractivity contribution is -0.110. The largest absolute Gasteiger partial charge is 0.507 e. The molecule has 100 valence electrons. The van der Waals surface area contributed by atoms with Crippen molar-refractivity contribution in [2.24, 2.45) is 0 Å². The van der Waals surface area contributed by atoms with Gasteiger partial charge in [-0.15, -0.1) is 0 Å². The molecule has 2 N–H and O–H groups in total. The molecule has 0 radical (unpaired) electrons. The molecule has 2 aromatic rings. The summed E-state index contributed by atoms with van der Waals surface area (Å²) < 4.78 is 0. The number of aliphatic hydroxyl groups is 2. The van der Waals surface area contributed by atoms with Gasteiger partial charge >= 0.3 is 0 Å². The van der Waals surface area contributed by atoms with Crippen molar-refractivity contribution in [1.82, 2.24) is 0 Å². The van der Waals surface area contributed by atoms with Crippen LogP contribution >= 0.6 is 0 Å². The van der Waals surface area contributed by atoms with Crippen LogP contribution in [0.25, 0.3) is 11.5 Å². The molecular formula is C17H14O3. The fraction of sp³-hybridized carbons (Fsp3) is 0. The fourth-order valence-corrected chi connectivity index (χ4v) is 1.70. The zero-order valence-corrected chi connectivity index (χ0v) is 10.7. The van der Waals surface area contributed by atoms with Crippen molar-refractivity contribution in [3.63, 3.8) is 0 Å². The van der Waals surface area contributed by atoms with Crippen molar-refractivity contribution in [3.8, 4) is 0 Å². The second-order valence-corrected chi connectivity index (χ2v) is 4.19. The molecule has 3 nitrogen and oxygen atoms in total. The second kappa shape index (κ2) is 6.38. The molecule has 2 aromatic carbocycles.